The van der Waals surface area contributed by atoms with E-state index in [1.165, 1.54) is 49.9 Å². The van der Waals surface area contributed by atoms with Crippen LogP contribution in [0.2, 0.25) is 0 Å². The molecule has 0 heterocycles. The molecule has 2 fully saturated rings. The van der Waals surface area contributed by atoms with Gasteiger partial charge in [0.15, 0.2) is 0 Å². The largest absolute Gasteiger partial charge is 0.316 e. The van der Waals surface area contributed by atoms with E-state index in [0.29, 0.717) is 0 Å². The maximum absolute atomic E-state index is 3.20. The standard InChI is InChI=1S/C17H26N2/c1-18-10-14-2-4-15(5-3-14)11-19(12-16-6-7-16)13-17-8-9-17/h2-5,16-18H,6-13H2,1H3. The lowest BCUT2D eigenvalue weighted by molar-refractivity contribution is 0.244. The van der Waals surface area contributed by atoms with E-state index in [2.05, 4.69) is 34.5 Å². The minimum Gasteiger partial charge on any atom is -0.316 e. The number of nitrogens with zero attached hydrogens (tertiary/aromatic N) is 1. The second kappa shape index (κ2) is 6.06. The summed E-state index contributed by atoms with van der Waals surface area (Å²) in [6, 6.07) is 9.13. The Morgan fingerprint density at radius 1 is 0.947 bits per heavy atom. The molecule has 3 rings (SSSR count). The molecule has 0 bridgehead atoms. The smallest absolute Gasteiger partial charge is 0.0233 e. The van der Waals surface area contributed by atoms with Gasteiger partial charge < -0.3 is 5.32 Å². The Hall–Kier alpha value is -0.860. The fourth-order valence-corrected chi connectivity index (χ4v) is 2.76. The Labute approximate surface area is 117 Å². The first-order valence-corrected chi connectivity index (χ1v) is 7.78. The molecule has 0 aromatic heterocycles. The molecule has 0 radical (unpaired) electrons. The molecule has 2 aliphatic carbocycles. The van der Waals surface area contributed by atoms with Crippen molar-refractivity contribution in [2.45, 2.75) is 38.8 Å². The van der Waals surface area contributed by atoms with Gasteiger partial charge in [-0.1, -0.05) is 24.3 Å². The molecule has 0 amide bonds. The molecule has 2 heteroatoms. The number of rotatable bonds is 8. The fraction of sp³-hybridized carbons (Fsp3) is 0.647. The molecule has 1 aromatic rings. The molecule has 1 N–H and O–H groups in total. The van der Waals surface area contributed by atoms with E-state index in [0.717, 1.165) is 24.9 Å². The molecule has 19 heavy (non-hydrogen) atoms. The topological polar surface area (TPSA) is 15.3 Å². The minimum atomic E-state index is 0.966. The summed E-state index contributed by atoms with van der Waals surface area (Å²) in [5, 5.41) is 3.20. The Morgan fingerprint density at radius 3 is 1.95 bits per heavy atom. The number of benzene rings is 1. The van der Waals surface area contributed by atoms with Crippen molar-refractivity contribution in [2.24, 2.45) is 11.8 Å². The normalized spacial score (nSPS) is 19.1. The van der Waals surface area contributed by atoms with Gasteiger partial charge in [-0.15, -0.1) is 0 Å². The fourth-order valence-electron chi connectivity index (χ4n) is 2.76. The van der Waals surface area contributed by atoms with E-state index in [1.807, 2.05) is 7.05 Å². The quantitative estimate of drug-likeness (QED) is 0.771. The zero-order chi connectivity index (χ0) is 13.1. The van der Waals surface area contributed by atoms with Crippen LogP contribution in [0.5, 0.6) is 0 Å². The molecule has 0 atom stereocenters. The maximum Gasteiger partial charge on any atom is 0.0233 e. The number of hydrogen-bond donors (Lipinski definition) is 1. The van der Waals surface area contributed by atoms with Crippen molar-refractivity contribution >= 4 is 0 Å². The molecule has 104 valence electrons. The summed E-state index contributed by atoms with van der Waals surface area (Å²) >= 11 is 0. The van der Waals surface area contributed by atoms with Crippen molar-refractivity contribution in [1.29, 1.82) is 0 Å². The molecule has 0 saturated heterocycles. The average molecular weight is 258 g/mol. The van der Waals surface area contributed by atoms with Crippen LogP contribution in [0.3, 0.4) is 0 Å². The van der Waals surface area contributed by atoms with Crippen molar-refractivity contribution in [1.82, 2.24) is 10.2 Å². The third-order valence-electron chi connectivity index (χ3n) is 4.24. The summed E-state index contributed by atoms with van der Waals surface area (Å²) in [6.45, 7) is 4.77. The highest BCUT2D eigenvalue weighted by Gasteiger charge is 2.28. The van der Waals surface area contributed by atoms with Crippen LogP contribution in [-0.4, -0.2) is 25.0 Å². The molecular formula is C17H26N2. The van der Waals surface area contributed by atoms with E-state index in [1.54, 1.807) is 0 Å². The average Bonchev–Trinajstić information content (AvgIpc) is 3.28. The van der Waals surface area contributed by atoms with Crippen molar-refractivity contribution in [3.8, 4) is 0 Å². The predicted octanol–water partition coefficient (Wildman–Crippen LogP) is 3.03. The van der Waals surface area contributed by atoms with Crippen LogP contribution in [0, 0.1) is 11.8 Å². The van der Waals surface area contributed by atoms with Gasteiger partial charge in [0.1, 0.15) is 0 Å². The molecule has 2 aliphatic rings. The lowest BCUT2D eigenvalue weighted by Gasteiger charge is -2.22. The SMILES string of the molecule is CNCc1ccc(CN(CC2CC2)CC2CC2)cc1. The predicted molar refractivity (Wildman–Crippen MR) is 79.9 cm³/mol. The van der Waals surface area contributed by atoms with E-state index < -0.39 is 0 Å². The first-order valence-electron chi connectivity index (χ1n) is 7.78. The van der Waals surface area contributed by atoms with Gasteiger partial charge in [0.2, 0.25) is 0 Å². The molecule has 0 unspecified atom stereocenters. The summed E-state index contributed by atoms with van der Waals surface area (Å²) in [6.07, 6.45) is 5.84. The van der Waals surface area contributed by atoms with Gasteiger partial charge in [-0.2, -0.15) is 0 Å². The molecule has 0 aliphatic heterocycles. The van der Waals surface area contributed by atoms with Crippen LogP contribution >= 0.6 is 0 Å². The summed E-state index contributed by atoms with van der Waals surface area (Å²) in [5.74, 6) is 2.00. The highest BCUT2D eigenvalue weighted by molar-refractivity contribution is 5.22. The second-order valence-electron chi connectivity index (χ2n) is 6.43. The van der Waals surface area contributed by atoms with E-state index >= 15 is 0 Å². The molecule has 1 aromatic carbocycles. The summed E-state index contributed by atoms with van der Waals surface area (Å²) < 4.78 is 0. The van der Waals surface area contributed by atoms with E-state index in [9.17, 15) is 0 Å². The molecule has 0 spiro atoms. The third kappa shape index (κ3) is 4.32. The van der Waals surface area contributed by atoms with Gasteiger partial charge in [0, 0.05) is 26.2 Å². The van der Waals surface area contributed by atoms with Crippen molar-refractivity contribution < 1.29 is 0 Å². The highest BCUT2D eigenvalue weighted by Crippen LogP contribution is 2.34. The zero-order valence-corrected chi connectivity index (χ0v) is 12.1. The van der Waals surface area contributed by atoms with Crippen LogP contribution in [0.4, 0.5) is 0 Å². The first kappa shape index (κ1) is 13.1. The van der Waals surface area contributed by atoms with Gasteiger partial charge in [-0.05, 0) is 55.7 Å². The van der Waals surface area contributed by atoms with Crippen molar-refractivity contribution in [3.05, 3.63) is 35.4 Å². The molecular weight excluding hydrogens is 232 g/mol. The maximum atomic E-state index is 3.20. The Balaban J connectivity index is 1.55. The zero-order valence-electron chi connectivity index (χ0n) is 12.1. The molecule has 2 saturated carbocycles. The summed E-state index contributed by atoms with van der Waals surface area (Å²) in [5.41, 5.74) is 2.85. The Kier molecular flexibility index (Phi) is 4.19. The Bertz CT molecular complexity index is 376. The second-order valence-corrected chi connectivity index (χ2v) is 6.43. The first-order chi connectivity index (χ1) is 9.33. The van der Waals surface area contributed by atoms with Gasteiger partial charge in [0.05, 0.1) is 0 Å². The van der Waals surface area contributed by atoms with Gasteiger partial charge in [-0.3, -0.25) is 4.90 Å². The van der Waals surface area contributed by atoms with Crippen LogP contribution in [0.15, 0.2) is 24.3 Å². The Morgan fingerprint density at radius 2 is 1.47 bits per heavy atom. The van der Waals surface area contributed by atoms with Gasteiger partial charge >= 0.3 is 0 Å². The molecule has 2 nitrogen and oxygen atoms in total. The van der Waals surface area contributed by atoms with Gasteiger partial charge in [0.25, 0.3) is 0 Å². The van der Waals surface area contributed by atoms with E-state index in [-0.39, 0.29) is 0 Å². The van der Waals surface area contributed by atoms with Gasteiger partial charge in [-0.25, -0.2) is 0 Å². The number of hydrogen-bond acceptors (Lipinski definition) is 2. The van der Waals surface area contributed by atoms with Crippen molar-refractivity contribution in [3.63, 3.8) is 0 Å². The van der Waals surface area contributed by atoms with Crippen LogP contribution in [0.25, 0.3) is 0 Å². The highest BCUT2D eigenvalue weighted by atomic mass is 15.1. The van der Waals surface area contributed by atoms with E-state index in [4.69, 9.17) is 0 Å². The summed E-state index contributed by atoms with van der Waals surface area (Å²) in [4.78, 5) is 2.70. The number of nitrogens with one attached hydrogen (secondary N) is 1. The van der Waals surface area contributed by atoms with Crippen LogP contribution in [0.1, 0.15) is 36.8 Å². The van der Waals surface area contributed by atoms with Crippen LogP contribution in [-0.2, 0) is 13.1 Å². The summed E-state index contributed by atoms with van der Waals surface area (Å²) in [7, 11) is 2.00. The third-order valence-corrected chi connectivity index (χ3v) is 4.24. The monoisotopic (exact) mass is 258 g/mol. The minimum absolute atomic E-state index is 0.966. The lowest BCUT2D eigenvalue weighted by Crippen LogP contribution is -2.27. The van der Waals surface area contributed by atoms with Crippen molar-refractivity contribution in [2.75, 3.05) is 20.1 Å². The lowest BCUT2D eigenvalue weighted by atomic mass is 10.1. The van der Waals surface area contributed by atoms with Crippen LogP contribution < -0.4 is 5.32 Å².